The zero-order valence-corrected chi connectivity index (χ0v) is 10.5. The Morgan fingerprint density at radius 2 is 2.17 bits per heavy atom. The molecular weight excluding hydrogens is 226 g/mol. The number of imidazole rings is 1. The lowest BCUT2D eigenvalue weighted by atomic mass is 10.3. The van der Waals surface area contributed by atoms with E-state index in [0.29, 0.717) is 6.04 Å². The Hall–Kier alpha value is -1.91. The molecule has 1 aliphatic carbocycles. The first-order valence-electron chi connectivity index (χ1n) is 6.47. The molecule has 1 saturated carbocycles. The van der Waals surface area contributed by atoms with Crippen LogP contribution in [0.4, 0.5) is 5.82 Å². The Balaban J connectivity index is 1.97. The van der Waals surface area contributed by atoms with Gasteiger partial charge in [-0.3, -0.25) is 0 Å². The highest BCUT2D eigenvalue weighted by atomic mass is 15.1. The standard InChI is InChI=1S/C13H17N5/c1-2-5-16-13-12(15-6-7-17-13)11-8-14-9-18(11)10-3-4-10/h6-10H,2-5H2,1H3,(H,16,17). The first-order valence-corrected chi connectivity index (χ1v) is 6.47. The Kier molecular flexibility index (Phi) is 2.96. The predicted molar refractivity (Wildman–Crippen MR) is 70.3 cm³/mol. The first-order chi connectivity index (χ1) is 8.90. The van der Waals surface area contributed by atoms with Gasteiger partial charge in [0, 0.05) is 25.0 Å². The summed E-state index contributed by atoms with van der Waals surface area (Å²) in [5.74, 6) is 0.849. The van der Waals surface area contributed by atoms with Crippen molar-refractivity contribution in [1.29, 1.82) is 0 Å². The maximum absolute atomic E-state index is 4.46. The van der Waals surface area contributed by atoms with Crippen molar-refractivity contribution in [3.8, 4) is 11.4 Å². The van der Waals surface area contributed by atoms with Crippen molar-refractivity contribution in [2.45, 2.75) is 32.2 Å². The second-order valence-electron chi connectivity index (χ2n) is 4.60. The summed E-state index contributed by atoms with van der Waals surface area (Å²) in [6.45, 7) is 3.04. The number of nitrogens with one attached hydrogen (secondary N) is 1. The fourth-order valence-corrected chi connectivity index (χ4v) is 2.03. The Labute approximate surface area is 106 Å². The first kappa shape index (κ1) is 11.2. The van der Waals surface area contributed by atoms with Gasteiger partial charge in [-0.25, -0.2) is 15.0 Å². The fraction of sp³-hybridized carbons (Fsp3) is 0.462. The van der Waals surface area contributed by atoms with Gasteiger partial charge >= 0.3 is 0 Å². The molecule has 0 atom stereocenters. The van der Waals surface area contributed by atoms with Gasteiger partial charge in [0.15, 0.2) is 5.82 Å². The van der Waals surface area contributed by atoms with Crippen LogP contribution in [0.1, 0.15) is 32.2 Å². The minimum atomic E-state index is 0.600. The zero-order valence-electron chi connectivity index (χ0n) is 10.5. The summed E-state index contributed by atoms with van der Waals surface area (Å²) < 4.78 is 2.21. The van der Waals surface area contributed by atoms with Gasteiger partial charge in [-0.05, 0) is 19.3 Å². The third-order valence-corrected chi connectivity index (χ3v) is 3.09. The molecule has 2 aromatic rings. The van der Waals surface area contributed by atoms with Crippen LogP contribution in [0.3, 0.4) is 0 Å². The molecule has 0 spiro atoms. The van der Waals surface area contributed by atoms with E-state index in [1.807, 2.05) is 12.5 Å². The van der Waals surface area contributed by atoms with Crippen molar-refractivity contribution >= 4 is 5.82 Å². The largest absolute Gasteiger partial charge is 0.368 e. The minimum absolute atomic E-state index is 0.600. The number of anilines is 1. The van der Waals surface area contributed by atoms with E-state index in [0.717, 1.165) is 30.2 Å². The molecule has 1 N–H and O–H groups in total. The summed E-state index contributed by atoms with van der Waals surface area (Å²) in [4.78, 5) is 13.1. The molecule has 3 rings (SSSR count). The molecule has 0 bridgehead atoms. The summed E-state index contributed by atoms with van der Waals surface area (Å²) in [5.41, 5.74) is 1.96. The molecule has 2 heterocycles. The van der Waals surface area contributed by atoms with Crippen LogP contribution in [0.25, 0.3) is 11.4 Å². The van der Waals surface area contributed by atoms with E-state index in [4.69, 9.17) is 0 Å². The number of aromatic nitrogens is 4. The number of hydrogen-bond donors (Lipinski definition) is 1. The van der Waals surface area contributed by atoms with Gasteiger partial charge in [0.25, 0.3) is 0 Å². The number of rotatable bonds is 5. The van der Waals surface area contributed by atoms with Crippen molar-refractivity contribution in [3.63, 3.8) is 0 Å². The second kappa shape index (κ2) is 4.76. The third-order valence-electron chi connectivity index (χ3n) is 3.09. The maximum atomic E-state index is 4.46. The molecule has 0 aromatic carbocycles. The molecule has 5 heteroatoms. The van der Waals surface area contributed by atoms with Gasteiger partial charge in [-0.1, -0.05) is 6.92 Å². The number of nitrogens with zero attached hydrogens (tertiary/aromatic N) is 4. The molecule has 18 heavy (non-hydrogen) atoms. The monoisotopic (exact) mass is 243 g/mol. The van der Waals surface area contributed by atoms with E-state index >= 15 is 0 Å². The quantitative estimate of drug-likeness (QED) is 0.876. The number of hydrogen-bond acceptors (Lipinski definition) is 4. The Bertz CT molecular complexity index is 530. The van der Waals surface area contributed by atoms with Crippen molar-refractivity contribution in [1.82, 2.24) is 19.5 Å². The summed E-state index contributed by atoms with van der Waals surface area (Å²) in [6, 6.07) is 0.600. The average Bonchev–Trinajstić information content (AvgIpc) is 3.14. The molecule has 0 unspecified atom stereocenters. The van der Waals surface area contributed by atoms with Gasteiger partial charge in [0.1, 0.15) is 5.69 Å². The van der Waals surface area contributed by atoms with Crippen LogP contribution in [-0.4, -0.2) is 26.1 Å². The highest BCUT2D eigenvalue weighted by molar-refractivity contribution is 5.68. The SMILES string of the molecule is CCCNc1nccnc1-c1cncn1C1CC1. The third kappa shape index (κ3) is 2.08. The van der Waals surface area contributed by atoms with Gasteiger partial charge in [0.2, 0.25) is 0 Å². The van der Waals surface area contributed by atoms with E-state index in [-0.39, 0.29) is 0 Å². The molecular formula is C13H17N5. The normalized spacial score (nSPS) is 14.7. The Morgan fingerprint density at radius 1 is 1.33 bits per heavy atom. The minimum Gasteiger partial charge on any atom is -0.368 e. The van der Waals surface area contributed by atoms with Crippen LogP contribution < -0.4 is 5.32 Å². The van der Waals surface area contributed by atoms with Crippen LogP contribution in [0, 0.1) is 0 Å². The molecule has 1 fully saturated rings. The highest BCUT2D eigenvalue weighted by Gasteiger charge is 2.26. The molecule has 0 amide bonds. The van der Waals surface area contributed by atoms with Crippen LogP contribution in [0.15, 0.2) is 24.9 Å². The average molecular weight is 243 g/mol. The lowest BCUT2D eigenvalue weighted by Gasteiger charge is -2.10. The molecule has 0 radical (unpaired) electrons. The van der Waals surface area contributed by atoms with Crippen molar-refractivity contribution in [2.24, 2.45) is 0 Å². The molecule has 0 saturated heterocycles. The summed E-state index contributed by atoms with van der Waals surface area (Å²) in [5, 5.41) is 3.32. The predicted octanol–water partition coefficient (Wildman–Crippen LogP) is 2.50. The molecule has 5 nitrogen and oxygen atoms in total. The smallest absolute Gasteiger partial charge is 0.154 e. The van der Waals surface area contributed by atoms with E-state index in [1.165, 1.54) is 12.8 Å². The molecule has 0 aliphatic heterocycles. The van der Waals surface area contributed by atoms with Gasteiger partial charge < -0.3 is 9.88 Å². The van der Waals surface area contributed by atoms with Crippen LogP contribution in [0.5, 0.6) is 0 Å². The lowest BCUT2D eigenvalue weighted by molar-refractivity contribution is 0.745. The lowest BCUT2D eigenvalue weighted by Crippen LogP contribution is -2.06. The van der Waals surface area contributed by atoms with Crippen molar-refractivity contribution < 1.29 is 0 Å². The van der Waals surface area contributed by atoms with E-state index in [9.17, 15) is 0 Å². The molecule has 2 aromatic heterocycles. The van der Waals surface area contributed by atoms with Gasteiger partial charge in [-0.15, -0.1) is 0 Å². The van der Waals surface area contributed by atoms with Gasteiger partial charge in [-0.2, -0.15) is 0 Å². The van der Waals surface area contributed by atoms with Crippen LogP contribution >= 0.6 is 0 Å². The second-order valence-corrected chi connectivity index (χ2v) is 4.60. The summed E-state index contributed by atoms with van der Waals surface area (Å²) in [6.07, 6.45) is 10.8. The summed E-state index contributed by atoms with van der Waals surface area (Å²) in [7, 11) is 0. The van der Waals surface area contributed by atoms with Crippen molar-refractivity contribution in [2.75, 3.05) is 11.9 Å². The van der Waals surface area contributed by atoms with E-state index < -0.39 is 0 Å². The van der Waals surface area contributed by atoms with E-state index in [2.05, 4.69) is 31.8 Å². The summed E-state index contributed by atoms with van der Waals surface area (Å²) >= 11 is 0. The van der Waals surface area contributed by atoms with Crippen LogP contribution in [0.2, 0.25) is 0 Å². The molecule has 1 aliphatic rings. The maximum Gasteiger partial charge on any atom is 0.154 e. The topological polar surface area (TPSA) is 55.6 Å². The van der Waals surface area contributed by atoms with Crippen LogP contribution in [-0.2, 0) is 0 Å². The molecule has 94 valence electrons. The van der Waals surface area contributed by atoms with Gasteiger partial charge in [0.05, 0.1) is 18.2 Å². The fourth-order valence-electron chi connectivity index (χ4n) is 2.03. The van der Waals surface area contributed by atoms with E-state index in [1.54, 1.807) is 12.4 Å². The highest BCUT2D eigenvalue weighted by Crippen LogP contribution is 2.38. The van der Waals surface area contributed by atoms with Crippen molar-refractivity contribution in [3.05, 3.63) is 24.9 Å². The Morgan fingerprint density at radius 3 is 2.94 bits per heavy atom. The zero-order chi connectivity index (χ0) is 12.4.